The Morgan fingerprint density at radius 2 is 1.64 bits per heavy atom. The van der Waals surface area contributed by atoms with Crippen LogP contribution in [-0.2, 0) is 9.53 Å². The molecule has 1 aliphatic carbocycles. The van der Waals surface area contributed by atoms with Crippen molar-refractivity contribution in [3.8, 4) is 0 Å². The first kappa shape index (κ1) is 17.2. The van der Waals surface area contributed by atoms with Gasteiger partial charge >= 0.3 is 0 Å². The van der Waals surface area contributed by atoms with Gasteiger partial charge in [-0.1, -0.05) is 43.2 Å². The molecule has 25 heavy (non-hydrogen) atoms. The third-order valence-corrected chi connectivity index (χ3v) is 4.41. The summed E-state index contributed by atoms with van der Waals surface area (Å²) in [7, 11) is 0. The molecule has 0 aromatic heterocycles. The molecule has 5 heteroatoms. The van der Waals surface area contributed by atoms with Gasteiger partial charge in [-0.05, 0) is 42.7 Å². The lowest BCUT2D eigenvalue weighted by Gasteiger charge is -2.22. The van der Waals surface area contributed by atoms with Gasteiger partial charge in [0.15, 0.2) is 6.10 Å². The normalized spacial score (nSPS) is 15.7. The monoisotopic (exact) mass is 338 g/mol. The average Bonchev–Trinajstić information content (AvgIpc) is 3.14. The first-order valence-corrected chi connectivity index (χ1v) is 8.54. The fraction of sp³-hybridized carbons (Fsp3) is 0.300. The van der Waals surface area contributed by atoms with Crippen molar-refractivity contribution in [2.75, 3.05) is 5.32 Å². The summed E-state index contributed by atoms with van der Waals surface area (Å²) in [6, 6.07) is 16.0. The molecule has 3 N–H and O–H groups in total. The van der Waals surface area contributed by atoms with Crippen molar-refractivity contribution in [1.82, 2.24) is 0 Å². The third kappa shape index (κ3) is 4.45. The smallest absolute Gasteiger partial charge is 0.258 e. The highest BCUT2D eigenvalue weighted by Gasteiger charge is 2.27. The molecular weight excluding hydrogens is 316 g/mol. The molecular formula is C20H22N2O3. The van der Waals surface area contributed by atoms with Crippen LogP contribution in [0.25, 0.3) is 0 Å². The Hall–Kier alpha value is -2.66. The van der Waals surface area contributed by atoms with E-state index in [9.17, 15) is 9.59 Å². The zero-order valence-corrected chi connectivity index (χ0v) is 14.0. The van der Waals surface area contributed by atoms with Gasteiger partial charge in [-0.25, -0.2) is 0 Å². The maximum Gasteiger partial charge on any atom is 0.258 e. The molecule has 1 unspecified atom stereocenters. The molecule has 0 saturated heterocycles. The van der Waals surface area contributed by atoms with Crippen molar-refractivity contribution >= 4 is 17.5 Å². The second-order valence-electron chi connectivity index (χ2n) is 6.26. The summed E-state index contributed by atoms with van der Waals surface area (Å²) in [5.74, 6) is -0.713. The zero-order valence-electron chi connectivity index (χ0n) is 14.0. The number of benzene rings is 2. The SMILES string of the molecule is NC(=O)c1ccc(NC(=O)C(OC2CCCC2)c2ccccc2)cc1. The molecule has 1 aliphatic rings. The number of amides is 2. The van der Waals surface area contributed by atoms with E-state index < -0.39 is 12.0 Å². The first-order valence-electron chi connectivity index (χ1n) is 8.54. The van der Waals surface area contributed by atoms with Gasteiger partial charge in [-0.2, -0.15) is 0 Å². The Balaban J connectivity index is 1.75. The topological polar surface area (TPSA) is 81.4 Å². The van der Waals surface area contributed by atoms with Crippen molar-refractivity contribution in [3.63, 3.8) is 0 Å². The van der Waals surface area contributed by atoms with E-state index in [1.54, 1.807) is 24.3 Å². The Labute approximate surface area is 147 Å². The van der Waals surface area contributed by atoms with Crippen LogP contribution < -0.4 is 11.1 Å². The molecule has 0 heterocycles. The molecule has 0 aliphatic heterocycles. The molecule has 0 spiro atoms. The molecule has 1 atom stereocenters. The second-order valence-corrected chi connectivity index (χ2v) is 6.26. The predicted octanol–water partition coefficient (Wildman–Crippen LogP) is 3.42. The number of carbonyl (C=O) groups excluding carboxylic acids is 2. The number of carbonyl (C=O) groups is 2. The summed E-state index contributed by atoms with van der Waals surface area (Å²) >= 11 is 0. The number of rotatable bonds is 6. The van der Waals surface area contributed by atoms with Crippen LogP contribution in [0.4, 0.5) is 5.69 Å². The summed E-state index contributed by atoms with van der Waals surface area (Å²) in [4.78, 5) is 23.9. The first-order chi connectivity index (χ1) is 12.1. The maximum atomic E-state index is 12.8. The van der Waals surface area contributed by atoms with Crippen LogP contribution in [0.5, 0.6) is 0 Å². The van der Waals surface area contributed by atoms with Crippen LogP contribution in [0.15, 0.2) is 54.6 Å². The summed E-state index contributed by atoms with van der Waals surface area (Å²) in [6.07, 6.45) is 3.73. The van der Waals surface area contributed by atoms with Crippen LogP contribution in [-0.4, -0.2) is 17.9 Å². The molecule has 3 rings (SSSR count). The minimum absolute atomic E-state index is 0.119. The van der Waals surface area contributed by atoms with Crippen molar-refractivity contribution in [1.29, 1.82) is 0 Å². The highest BCUT2D eigenvalue weighted by Crippen LogP contribution is 2.28. The number of ether oxygens (including phenoxy) is 1. The Kier molecular flexibility index (Phi) is 5.46. The maximum absolute atomic E-state index is 12.8. The van der Waals surface area contributed by atoms with Crippen molar-refractivity contribution in [2.45, 2.75) is 37.9 Å². The molecule has 1 fully saturated rings. The van der Waals surface area contributed by atoms with Crippen LogP contribution >= 0.6 is 0 Å². The van der Waals surface area contributed by atoms with Crippen molar-refractivity contribution in [3.05, 3.63) is 65.7 Å². The molecule has 1 saturated carbocycles. The number of hydrogen-bond donors (Lipinski definition) is 2. The van der Waals surface area contributed by atoms with E-state index >= 15 is 0 Å². The summed E-state index contributed by atoms with van der Waals surface area (Å²) in [5.41, 5.74) is 7.07. The molecule has 5 nitrogen and oxygen atoms in total. The molecule has 2 amide bonds. The molecule has 0 radical (unpaired) electrons. The van der Waals surface area contributed by atoms with Gasteiger partial charge < -0.3 is 15.8 Å². The standard InChI is InChI=1S/C20H22N2O3/c21-19(23)15-10-12-16(13-11-15)22-20(24)18(14-6-2-1-3-7-14)25-17-8-4-5-9-17/h1-3,6-7,10-13,17-18H,4-5,8-9H2,(H2,21,23)(H,22,24). The van der Waals surface area contributed by atoms with E-state index in [1.165, 1.54) is 0 Å². The van der Waals surface area contributed by atoms with Crippen molar-refractivity contribution < 1.29 is 14.3 Å². The minimum Gasteiger partial charge on any atom is -0.366 e. The van der Waals surface area contributed by atoms with Gasteiger partial charge in [0.05, 0.1) is 6.10 Å². The van der Waals surface area contributed by atoms with E-state index in [2.05, 4.69) is 5.32 Å². The Morgan fingerprint density at radius 1 is 1.00 bits per heavy atom. The number of nitrogens with two attached hydrogens (primary N) is 1. The molecule has 2 aromatic carbocycles. The predicted molar refractivity (Wildman–Crippen MR) is 96.1 cm³/mol. The molecule has 2 aromatic rings. The van der Waals surface area contributed by atoms with Crippen LogP contribution in [0.2, 0.25) is 0 Å². The number of hydrogen-bond acceptors (Lipinski definition) is 3. The zero-order chi connectivity index (χ0) is 17.6. The largest absolute Gasteiger partial charge is 0.366 e. The fourth-order valence-electron chi connectivity index (χ4n) is 3.06. The number of anilines is 1. The summed E-state index contributed by atoms with van der Waals surface area (Å²) in [5, 5.41) is 2.86. The lowest BCUT2D eigenvalue weighted by molar-refractivity contribution is -0.131. The van der Waals surface area contributed by atoms with Gasteiger partial charge in [0, 0.05) is 11.3 Å². The van der Waals surface area contributed by atoms with Gasteiger partial charge in [-0.3, -0.25) is 9.59 Å². The summed E-state index contributed by atoms with van der Waals surface area (Å²) < 4.78 is 6.11. The number of primary amides is 1. The molecule has 0 bridgehead atoms. The van der Waals surface area contributed by atoms with E-state index in [1.807, 2.05) is 30.3 Å². The van der Waals surface area contributed by atoms with Crippen LogP contribution in [0, 0.1) is 0 Å². The second kappa shape index (κ2) is 7.94. The van der Waals surface area contributed by atoms with Gasteiger partial charge in [0.25, 0.3) is 5.91 Å². The van der Waals surface area contributed by atoms with E-state index in [0.717, 1.165) is 31.2 Å². The average molecular weight is 338 g/mol. The fourth-order valence-corrected chi connectivity index (χ4v) is 3.06. The lowest BCUT2D eigenvalue weighted by atomic mass is 10.1. The van der Waals surface area contributed by atoms with Crippen LogP contribution in [0.3, 0.4) is 0 Å². The van der Waals surface area contributed by atoms with Gasteiger partial charge in [0.1, 0.15) is 0 Å². The van der Waals surface area contributed by atoms with E-state index in [0.29, 0.717) is 11.3 Å². The Morgan fingerprint density at radius 3 is 2.24 bits per heavy atom. The quantitative estimate of drug-likeness (QED) is 0.847. The summed E-state index contributed by atoms with van der Waals surface area (Å²) in [6.45, 7) is 0. The minimum atomic E-state index is -0.653. The third-order valence-electron chi connectivity index (χ3n) is 4.41. The highest BCUT2D eigenvalue weighted by atomic mass is 16.5. The van der Waals surface area contributed by atoms with E-state index in [4.69, 9.17) is 10.5 Å². The van der Waals surface area contributed by atoms with Gasteiger partial charge in [0.2, 0.25) is 5.91 Å². The highest BCUT2D eigenvalue weighted by molar-refractivity contribution is 5.96. The van der Waals surface area contributed by atoms with Crippen molar-refractivity contribution in [2.24, 2.45) is 5.73 Å². The van der Waals surface area contributed by atoms with E-state index in [-0.39, 0.29) is 12.0 Å². The Bertz CT molecular complexity index is 722. The lowest BCUT2D eigenvalue weighted by Crippen LogP contribution is -2.26. The number of nitrogens with one attached hydrogen (secondary N) is 1. The van der Waals surface area contributed by atoms with Crippen LogP contribution in [0.1, 0.15) is 47.7 Å². The van der Waals surface area contributed by atoms with Gasteiger partial charge in [-0.15, -0.1) is 0 Å². The molecule has 130 valence electrons.